The van der Waals surface area contributed by atoms with Gasteiger partial charge in [0.2, 0.25) is 0 Å². The third-order valence-electron chi connectivity index (χ3n) is 2.94. The highest BCUT2D eigenvalue weighted by molar-refractivity contribution is 5.97. The van der Waals surface area contributed by atoms with Crippen molar-refractivity contribution in [2.75, 3.05) is 6.61 Å². The van der Waals surface area contributed by atoms with Crippen molar-refractivity contribution in [3.05, 3.63) is 30.3 Å². The number of hydrogen-bond donors (Lipinski definition) is 2. The minimum atomic E-state index is -1.05. The van der Waals surface area contributed by atoms with Gasteiger partial charge in [0.05, 0.1) is 6.61 Å². The summed E-state index contributed by atoms with van der Waals surface area (Å²) < 4.78 is 10.5. The molecule has 7 heteroatoms. The average molecular weight is 350 g/mol. The number of benzene rings is 1. The monoisotopic (exact) mass is 350 g/mol. The summed E-state index contributed by atoms with van der Waals surface area (Å²) in [6.07, 6.45) is -0.459. The molecular formula is C18H26N2O5. The predicted octanol–water partition coefficient (Wildman–Crippen LogP) is 2.40. The van der Waals surface area contributed by atoms with Gasteiger partial charge in [-0.1, -0.05) is 18.2 Å². The molecule has 0 radical (unpaired) electrons. The Morgan fingerprint density at radius 3 is 2.36 bits per heavy atom. The summed E-state index contributed by atoms with van der Waals surface area (Å²) in [6.45, 7) is 7.15. The standard InChI is InChI=1S/C18H26N2O5/c1-13(16(22)19-17(23)20-18(2,3)4)25-15(21)11-8-12-24-14-9-6-5-7-10-14/h5-7,9-10,13H,8,11-12H2,1-4H3,(H2,19,20,22,23)/t13-/m1/s1. The molecule has 0 heterocycles. The van der Waals surface area contributed by atoms with Gasteiger partial charge in [0.25, 0.3) is 5.91 Å². The van der Waals surface area contributed by atoms with Crippen molar-refractivity contribution in [3.8, 4) is 5.75 Å². The number of urea groups is 1. The van der Waals surface area contributed by atoms with Gasteiger partial charge in [0, 0.05) is 12.0 Å². The molecule has 1 rings (SSSR count). The molecule has 0 aliphatic heterocycles. The molecule has 0 aliphatic rings. The van der Waals surface area contributed by atoms with Gasteiger partial charge < -0.3 is 14.8 Å². The molecule has 1 atom stereocenters. The fourth-order valence-corrected chi connectivity index (χ4v) is 1.82. The smallest absolute Gasteiger partial charge is 0.321 e. The van der Waals surface area contributed by atoms with Gasteiger partial charge in [-0.15, -0.1) is 0 Å². The molecule has 0 saturated heterocycles. The molecule has 7 nitrogen and oxygen atoms in total. The first-order valence-corrected chi connectivity index (χ1v) is 8.18. The van der Waals surface area contributed by atoms with Crippen molar-refractivity contribution in [1.82, 2.24) is 10.6 Å². The summed E-state index contributed by atoms with van der Waals surface area (Å²) in [4.78, 5) is 35.1. The maximum absolute atomic E-state index is 11.8. The number of imide groups is 1. The van der Waals surface area contributed by atoms with Crippen LogP contribution in [0.5, 0.6) is 5.75 Å². The maximum atomic E-state index is 11.8. The predicted molar refractivity (Wildman–Crippen MR) is 93.2 cm³/mol. The lowest BCUT2D eigenvalue weighted by Crippen LogP contribution is -2.50. The Hall–Kier alpha value is -2.57. The number of carbonyl (C=O) groups is 3. The van der Waals surface area contributed by atoms with Crippen molar-refractivity contribution in [3.63, 3.8) is 0 Å². The second kappa shape index (κ2) is 9.66. The number of para-hydroxylation sites is 1. The van der Waals surface area contributed by atoms with Crippen LogP contribution >= 0.6 is 0 Å². The zero-order valence-electron chi connectivity index (χ0n) is 15.1. The van der Waals surface area contributed by atoms with Crippen LogP contribution < -0.4 is 15.4 Å². The minimum Gasteiger partial charge on any atom is -0.494 e. The molecule has 0 saturated carbocycles. The van der Waals surface area contributed by atoms with E-state index in [1.165, 1.54) is 6.92 Å². The quantitative estimate of drug-likeness (QED) is 0.582. The fourth-order valence-electron chi connectivity index (χ4n) is 1.82. The van der Waals surface area contributed by atoms with Crippen LogP contribution in [0.25, 0.3) is 0 Å². The third kappa shape index (κ3) is 9.34. The first-order valence-electron chi connectivity index (χ1n) is 8.18. The number of esters is 1. The SMILES string of the molecule is C[C@@H](OC(=O)CCCOc1ccccc1)C(=O)NC(=O)NC(C)(C)C. The molecule has 138 valence electrons. The normalized spacial score (nSPS) is 12.0. The number of amides is 3. The molecule has 0 aliphatic carbocycles. The molecule has 3 amide bonds. The van der Waals surface area contributed by atoms with E-state index in [2.05, 4.69) is 10.6 Å². The van der Waals surface area contributed by atoms with Crippen molar-refractivity contribution in [2.45, 2.75) is 52.2 Å². The van der Waals surface area contributed by atoms with E-state index in [9.17, 15) is 14.4 Å². The van der Waals surface area contributed by atoms with Gasteiger partial charge in [-0.05, 0) is 46.2 Å². The molecule has 0 spiro atoms. The topological polar surface area (TPSA) is 93.7 Å². The van der Waals surface area contributed by atoms with Crippen molar-refractivity contribution >= 4 is 17.9 Å². The van der Waals surface area contributed by atoms with E-state index in [0.717, 1.165) is 5.75 Å². The van der Waals surface area contributed by atoms with E-state index in [1.54, 1.807) is 20.8 Å². The van der Waals surface area contributed by atoms with Crippen LogP contribution in [0.4, 0.5) is 4.79 Å². The number of rotatable bonds is 7. The summed E-state index contributed by atoms with van der Waals surface area (Å²) in [7, 11) is 0. The van der Waals surface area contributed by atoms with Gasteiger partial charge in [0.1, 0.15) is 5.75 Å². The molecule has 0 unspecified atom stereocenters. The van der Waals surface area contributed by atoms with Gasteiger partial charge in [-0.3, -0.25) is 14.9 Å². The first kappa shape index (κ1) is 20.5. The van der Waals surface area contributed by atoms with Crippen LogP contribution in [0, 0.1) is 0 Å². The largest absolute Gasteiger partial charge is 0.494 e. The number of carbonyl (C=O) groups excluding carboxylic acids is 3. The fraction of sp³-hybridized carbons (Fsp3) is 0.500. The van der Waals surface area contributed by atoms with Crippen molar-refractivity contribution in [2.24, 2.45) is 0 Å². The lowest BCUT2D eigenvalue weighted by molar-refractivity contribution is -0.154. The van der Waals surface area contributed by atoms with Gasteiger partial charge in [0.15, 0.2) is 6.10 Å². The molecule has 0 fully saturated rings. The lowest BCUT2D eigenvalue weighted by atomic mass is 10.1. The van der Waals surface area contributed by atoms with Crippen LogP contribution in [0.15, 0.2) is 30.3 Å². The molecule has 0 bridgehead atoms. The van der Waals surface area contributed by atoms with Gasteiger partial charge >= 0.3 is 12.0 Å². The van der Waals surface area contributed by atoms with E-state index < -0.39 is 29.6 Å². The molecule has 2 N–H and O–H groups in total. The number of nitrogens with one attached hydrogen (secondary N) is 2. The van der Waals surface area contributed by atoms with E-state index in [-0.39, 0.29) is 6.42 Å². The Bertz CT molecular complexity index is 581. The van der Waals surface area contributed by atoms with Crippen LogP contribution in [0.1, 0.15) is 40.5 Å². The number of hydrogen-bond acceptors (Lipinski definition) is 5. The van der Waals surface area contributed by atoms with Crippen LogP contribution in [0.2, 0.25) is 0 Å². The van der Waals surface area contributed by atoms with E-state index >= 15 is 0 Å². The maximum Gasteiger partial charge on any atom is 0.321 e. The number of ether oxygens (including phenoxy) is 2. The van der Waals surface area contributed by atoms with E-state index in [0.29, 0.717) is 13.0 Å². The van der Waals surface area contributed by atoms with Crippen LogP contribution in [-0.2, 0) is 14.3 Å². The van der Waals surface area contributed by atoms with E-state index in [1.807, 2.05) is 30.3 Å². The van der Waals surface area contributed by atoms with Crippen molar-refractivity contribution < 1.29 is 23.9 Å². The highest BCUT2D eigenvalue weighted by atomic mass is 16.5. The molecule has 1 aromatic rings. The minimum absolute atomic E-state index is 0.124. The zero-order chi connectivity index (χ0) is 18.9. The third-order valence-corrected chi connectivity index (χ3v) is 2.94. The highest BCUT2D eigenvalue weighted by Gasteiger charge is 2.21. The van der Waals surface area contributed by atoms with Crippen LogP contribution in [0.3, 0.4) is 0 Å². The summed E-state index contributed by atoms with van der Waals surface area (Å²) >= 11 is 0. The van der Waals surface area contributed by atoms with E-state index in [4.69, 9.17) is 9.47 Å². The lowest BCUT2D eigenvalue weighted by Gasteiger charge is -2.21. The molecule has 0 aromatic heterocycles. The second-order valence-corrected chi connectivity index (χ2v) is 6.59. The molecule has 25 heavy (non-hydrogen) atoms. The Balaban J connectivity index is 2.24. The summed E-state index contributed by atoms with van der Waals surface area (Å²) in [5.41, 5.74) is -0.469. The summed E-state index contributed by atoms with van der Waals surface area (Å²) in [5.74, 6) is -0.459. The Labute approximate surface area is 148 Å². The summed E-state index contributed by atoms with van der Waals surface area (Å²) in [6, 6.07) is 8.63. The Kier molecular flexibility index (Phi) is 7.91. The van der Waals surface area contributed by atoms with Gasteiger partial charge in [-0.25, -0.2) is 4.79 Å². The summed E-state index contributed by atoms with van der Waals surface area (Å²) in [5, 5.41) is 4.73. The zero-order valence-corrected chi connectivity index (χ0v) is 15.1. The van der Waals surface area contributed by atoms with Gasteiger partial charge in [-0.2, -0.15) is 0 Å². The Morgan fingerprint density at radius 2 is 1.76 bits per heavy atom. The molecule has 1 aromatic carbocycles. The first-order chi connectivity index (χ1) is 11.7. The van der Waals surface area contributed by atoms with Crippen molar-refractivity contribution in [1.29, 1.82) is 0 Å². The van der Waals surface area contributed by atoms with Crippen LogP contribution in [-0.4, -0.2) is 36.2 Å². The second-order valence-electron chi connectivity index (χ2n) is 6.59. The Morgan fingerprint density at radius 1 is 1.12 bits per heavy atom. The highest BCUT2D eigenvalue weighted by Crippen LogP contribution is 2.09. The average Bonchev–Trinajstić information content (AvgIpc) is 2.50. The molecular weight excluding hydrogens is 324 g/mol.